The molecule has 0 saturated carbocycles. The number of piperidine rings is 1. The van der Waals surface area contributed by atoms with Crippen LogP contribution in [0.3, 0.4) is 0 Å². The molecule has 10 heteroatoms. The molecule has 2 heterocycles. The molecular formula is C15H20BrF3N2O3S. The number of rotatable bonds is 3. The summed E-state index contributed by atoms with van der Waals surface area (Å²) in [4.78, 5) is 17.3. The summed E-state index contributed by atoms with van der Waals surface area (Å²) in [7, 11) is 0. The molecule has 1 aromatic heterocycles. The molecule has 0 aliphatic carbocycles. The number of halogens is 4. The lowest BCUT2D eigenvalue weighted by atomic mass is 9.91. The van der Waals surface area contributed by atoms with Gasteiger partial charge in [-0.3, -0.25) is 0 Å². The highest BCUT2D eigenvalue weighted by molar-refractivity contribution is 9.11. The van der Waals surface area contributed by atoms with Crippen molar-refractivity contribution in [1.82, 2.24) is 9.88 Å². The zero-order valence-corrected chi connectivity index (χ0v) is 16.5. The zero-order chi connectivity index (χ0) is 18.8. The summed E-state index contributed by atoms with van der Waals surface area (Å²) in [6.07, 6.45) is -5.16. The maximum atomic E-state index is 13.4. The van der Waals surface area contributed by atoms with Crippen LogP contribution in [0.25, 0.3) is 0 Å². The molecule has 1 atom stereocenters. The standard InChI is InChI=1S/C15H20BrF3N2O3S/c1-14(2,3)24-13(22)21-6-4-9(5-7-21)11(15(17,18)19)23-12-20-8-10(16)25-12/h8-9,11H,4-7H2,1-3H3. The highest BCUT2D eigenvalue weighted by Crippen LogP contribution is 2.37. The van der Waals surface area contributed by atoms with E-state index in [2.05, 4.69) is 20.9 Å². The fourth-order valence-electron chi connectivity index (χ4n) is 2.54. The van der Waals surface area contributed by atoms with Gasteiger partial charge in [0, 0.05) is 19.0 Å². The fourth-order valence-corrected chi connectivity index (χ4v) is 3.59. The van der Waals surface area contributed by atoms with E-state index < -0.39 is 29.9 Å². The molecule has 5 nitrogen and oxygen atoms in total. The molecule has 0 bridgehead atoms. The van der Waals surface area contributed by atoms with Gasteiger partial charge in [0.1, 0.15) is 5.60 Å². The molecule has 1 aliphatic rings. The van der Waals surface area contributed by atoms with E-state index in [4.69, 9.17) is 9.47 Å². The molecule has 2 rings (SSSR count). The van der Waals surface area contributed by atoms with E-state index in [1.165, 1.54) is 11.1 Å². The summed E-state index contributed by atoms with van der Waals surface area (Å²) in [5.74, 6) is -0.735. The third kappa shape index (κ3) is 6.02. The van der Waals surface area contributed by atoms with Crippen molar-refractivity contribution in [3.63, 3.8) is 0 Å². The van der Waals surface area contributed by atoms with Crippen LogP contribution in [0.15, 0.2) is 9.98 Å². The molecule has 1 unspecified atom stereocenters. The lowest BCUT2D eigenvalue weighted by Crippen LogP contribution is -2.48. The maximum Gasteiger partial charge on any atom is 0.425 e. The van der Waals surface area contributed by atoms with Crippen LogP contribution in [0.5, 0.6) is 5.19 Å². The van der Waals surface area contributed by atoms with Gasteiger partial charge in [-0.05, 0) is 49.5 Å². The number of likely N-dealkylation sites (tertiary alicyclic amines) is 1. The van der Waals surface area contributed by atoms with Crippen LogP contribution in [0.4, 0.5) is 18.0 Å². The minimum atomic E-state index is -4.50. The van der Waals surface area contributed by atoms with Crippen LogP contribution in [0.2, 0.25) is 0 Å². The largest absolute Gasteiger partial charge is 0.457 e. The van der Waals surface area contributed by atoms with E-state index in [1.807, 2.05) is 0 Å². The number of amides is 1. The van der Waals surface area contributed by atoms with E-state index in [1.54, 1.807) is 20.8 Å². The summed E-state index contributed by atoms with van der Waals surface area (Å²) in [6.45, 7) is 5.65. The van der Waals surface area contributed by atoms with Crippen LogP contribution >= 0.6 is 27.3 Å². The first-order chi connectivity index (χ1) is 11.5. The molecule has 1 fully saturated rings. The van der Waals surface area contributed by atoms with Crippen molar-refractivity contribution in [2.24, 2.45) is 5.92 Å². The molecule has 1 aliphatic heterocycles. The van der Waals surface area contributed by atoms with Crippen LogP contribution < -0.4 is 4.74 Å². The van der Waals surface area contributed by atoms with Gasteiger partial charge < -0.3 is 14.4 Å². The van der Waals surface area contributed by atoms with Gasteiger partial charge in [-0.1, -0.05) is 11.3 Å². The first kappa shape index (κ1) is 20.3. The Morgan fingerprint density at radius 1 is 1.36 bits per heavy atom. The normalized spacial score (nSPS) is 18.1. The summed E-state index contributed by atoms with van der Waals surface area (Å²) in [6, 6.07) is 0. The SMILES string of the molecule is CC(C)(C)OC(=O)N1CCC(C(Oc2ncc(Br)s2)C(F)(F)F)CC1. The quantitative estimate of drug-likeness (QED) is 0.667. The number of thiazole rings is 1. The predicted octanol–water partition coefficient (Wildman–Crippen LogP) is 4.86. The molecule has 0 aromatic carbocycles. The molecule has 0 N–H and O–H groups in total. The molecular weight excluding hydrogens is 425 g/mol. The van der Waals surface area contributed by atoms with Crippen LogP contribution in [0.1, 0.15) is 33.6 Å². The third-order valence-electron chi connectivity index (χ3n) is 3.63. The van der Waals surface area contributed by atoms with E-state index in [0.717, 1.165) is 11.3 Å². The Morgan fingerprint density at radius 3 is 2.40 bits per heavy atom. The minimum Gasteiger partial charge on any atom is -0.457 e. The Hall–Kier alpha value is -1.03. The molecule has 1 amide bonds. The molecule has 142 valence electrons. The Labute approximate surface area is 156 Å². The predicted molar refractivity (Wildman–Crippen MR) is 90.8 cm³/mol. The summed E-state index contributed by atoms with van der Waals surface area (Å²) in [5, 5.41) is -0.0243. The number of aromatic nitrogens is 1. The monoisotopic (exact) mass is 444 g/mol. The van der Waals surface area contributed by atoms with Crippen molar-refractivity contribution in [3.8, 4) is 5.19 Å². The number of hydrogen-bond donors (Lipinski definition) is 0. The van der Waals surface area contributed by atoms with Crippen LogP contribution in [-0.4, -0.2) is 46.9 Å². The van der Waals surface area contributed by atoms with Gasteiger partial charge in [0.25, 0.3) is 5.19 Å². The molecule has 0 radical (unpaired) electrons. The van der Waals surface area contributed by atoms with E-state index in [-0.39, 0.29) is 31.1 Å². The van der Waals surface area contributed by atoms with Gasteiger partial charge in [0.2, 0.25) is 0 Å². The third-order valence-corrected chi connectivity index (χ3v) is 4.99. The number of nitrogens with zero attached hydrogens (tertiary/aromatic N) is 2. The topological polar surface area (TPSA) is 51.7 Å². The second-order valence-corrected chi connectivity index (χ2v) is 9.19. The molecule has 1 aromatic rings. The van der Waals surface area contributed by atoms with Crippen LogP contribution in [0, 0.1) is 5.92 Å². The molecule has 25 heavy (non-hydrogen) atoms. The minimum absolute atomic E-state index is 0.0243. The van der Waals surface area contributed by atoms with E-state index in [0.29, 0.717) is 3.79 Å². The van der Waals surface area contributed by atoms with E-state index in [9.17, 15) is 18.0 Å². The van der Waals surface area contributed by atoms with Gasteiger partial charge in [-0.25, -0.2) is 9.78 Å². The number of carbonyl (C=O) groups excluding carboxylic acids is 1. The number of hydrogen-bond acceptors (Lipinski definition) is 5. The average molecular weight is 445 g/mol. The van der Waals surface area contributed by atoms with E-state index >= 15 is 0 Å². The number of ether oxygens (including phenoxy) is 2. The number of alkyl halides is 3. The van der Waals surface area contributed by atoms with Gasteiger partial charge in [-0.15, -0.1) is 0 Å². The smallest absolute Gasteiger partial charge is 0.425 e. The lowest BCUT2D eigenvalue weighted by Gasteiger charge is -2.36. The van der Waals surface area contributed by atoms with Gasteiger partial charge in [-0.2, -0.15) is 13.2 Å². The van der Waals surface area contributed by atoms with Gasteiger partial charge in [0.05, 0.1) is 9.98 Å². The Kier molecular flexibility index (Phi) is 6.24. The molecule has 0 spiro atoms. The van der Waals surface area contributed by atoms with Crippen molar-refractivity contribution >= 4 is 33.4 Å². The van der Waals surface area contributed by atoms with Crippen molar-refractivity contribution in [2.75, 3.05) is 13.1 Å². The molecule has 1 saturated heterocycles. The Morgan fingerprint density at radius 2 is 1.96 bits per heavy atom. The summed E-state index contributed by atoms with van der Waals surface area (Å²) >= 11 is 4.16. The van der Waals surface area contributed by atoms with Crippen molar-refractivity contribution in [3.05, 3.63) is 9.98 Å². The first-order valence-corrected chi connectivity index (χ1v) is 9.39. The average Bonchev–Trinajstić information content (AvgIpc) is 2.87. The fraction of sp³-hybridized carbons (Fsp3) is 0.733. The Bertz CT molecular complexity index is 596. The summed E-state index contributed by atoms with van der Waals surface area (Å²) in [5.41, 5.74) is -0.635. The van der Waals surface area contributed by atoms with Gasteiger partial charge in [0.15, 0.2) is 6.10 Å². The van der Waals surface area contributed by atoms with Crippen LogP contribution in [-0.2, 0) is 4.74 Å². The number of carbonyl (C=O) groups is 1. The lowest BCUT2D eigenvalue weighted by molar-refractivity contribution is -0.213. The van der Waals surface area contributed by atoms with Crippen molar-refractivity contribution in [1.29, 1.82) is 0 Å². The van der Waals surface area contributed by atoms with Crippen molar-refractivity contribution in [2.45, 2.75) is 51.5 Å². The first-order valence-electron chi connectivity index (χ1n) is 7.78. The maximum absolute atomic E-state index is 13.4. The Balaban J connectivity index is 1.98. The summed E-state index contributed by atoms with van der Waals surface area (Å²) < 4.78 is 51.2. The van der Waals surface area contributed by atoms with Crippen molar-refractivity contribution < 1.29 is 27.4 Å². The zero-order valence-electron chi connectivity index (χ0n) is 14.1. The highest BCUT2D eigenvalue weighted by atomic mass is 79.9. The second-order valence-electron chi connectivity index (χ2n) is 6.82. The van der Waals surface area contributed by atoms with Gasteiger partial charge >= 0.3 is 12.3 Å². The highest BCUT2D eigenvalue weighted by Gasteiger charge is 2.48. The second kappa shape index (κ2) is 7.69.